The SMILES string of the molecule is O=c1[nH]c2cccc(N3C[C@@H]4C[C@@H]3CN4CC3CCc4[nH]c5ccc(F)cc5c4C3)c2o1. The Morgan fingerprint density at radius 3 is 2.91 bits per heavy atom. The largest absolute Gasteiger partial charge is 0.417 e. The van der Waals surface area contributed by atoms with Gasteiger partial charge in [0.2, 0.25) is 0 Å². The summed E-state index contributed by atoms with van der Waals surface area (Å²) in [6, 6.07) is 12.0. The van der Waals surface area contributed by atoms with Gasteiger partial charge in [-0.2, -0.15) is 0 Å². The van der Waals surface area contributed by atoms with E-state index in [2.05, 4.69) is 25.8 Å². The predicted molar refractivity (Wildman–Crippen MR) is 122 cm³/mol. The van der Waals surface area contributed by atoms with Crippen LogP contribution >= 0.6 is 0 Å². The lowest BCUT2D eigenvalue weighted by atomic mass is 9.86. The Morgan fingerprint density at radius 2 is 2.03 bits per heavy atom. The van der Waals surface area contributed by atoms with Crippen molar-refractivity contribution in [3.63, 3.8) is 0 Å². The molecule has 4 aromatic rings. The zero-order chi connectivity index (χ0) is 21.4. The Labute approximate surface area is 184 Å². The topological polar surface area (TPSA) is 68.3 Å². The molecule has 2 fully saturated rings. The molecule has 3 aliphatic rings. The molecule has 0 amide bonds. The summed E-state index contributed by atoms with van der Waals surface area (Å²) in [7, 11) is 0. The maximum absolute atomic E-state index is 13.8. The van der Waals surface area contributed by atoms with Crippen LogP contribution in [0.1, 0.15) is 24.1 Å². The molecule has 3 atom stereocenters. The molecule has 0 spiro atoms. The first-order valence-corrected chi connectivity index (χ1v) is 11.5. The van der Waals surface area contributed by atoms with Crippen LogP contribution in [0, 0.1) is 11.7 Å². The van der Waals surface area contributed by atoms with Crippen LogP contribution in [0.5, 0.6) is 0 Å². The van der Waals surface area contributed by atoms with Crippen molar-refractivity contribution in [1.82, 2.24) is 14.9 Å². The van der Waals surface area contributed by atoms with Gasteiger partial charge in [0, 0.05) is 48.3 Å². The highest BCUT2D eigenvalue weighted by atomic mass is 19.1. The molecule has 0 saturated carbocycles. The second kappa shape index (κ2) is 6.72. The number of hydrogen-bond donors (Lipinski definition) is 2. The quantitative estimate of drug-likeness (QED) is 0.517. The smallest absolute Gasteiger partial charge is 0.406 e. The second-order valence-electron chi connectivity index (χ2n) is 9.70. The summed E-state index contributed by atoms with van der Waals surface area (Å²) >= 11 is 0. The van der Waals surface area contributed by atoms with E-state index in [9.17, 15) is 9.18 Å². The molecule has 2 N–H and O–H groups in total. The van der Waals surface area contributed by atoms with Crippen LogP contribution in [-0.2, 0) is 12.8 Å². The molecule has 2 aliphatic heterocycles. The average Bonchev–Trinajstić information content (AvgIpc) is 3.54. The second-order valence-corrected chi connectivity index (χ2v) is 9.70. The summed E-state index contributed by atoms with van der Waals surface area (Å²) in [5.41, 5.74) is 6.12. The molecule has 6 nitrogen and oxygen atoms in total. The number of piperazine rings is 1. The van der Waals surface area contributed by atoms with Crippen molar-refractivity contribution < 1.29 is 8.81 Å². The Morgan fingerprint density at radius 1 is 1.09 bits per heavy atom. The molecule has 1 aliphatic carbocycles. The molecular formula is C25H25FN4O2. The zero-order valence-electron chi connectivity index (χ0n) is 17.7. The Hall–Kier alpha value is -3.06. The molecule has 2 aromatic carbocycles. The van der Waals surface area contributed by atoms with E-state index in [1.54, 1.807) is 6.07 Å². The molecule has 4 heterocycles. The summed E-state index contributed by atoms with van der Waals surface area (Å²) in [6.07, 6.45) is 4.39. The minimum Gasteiger partial charge on any atom is -0.406 e. The fourth-order valence-electron chi connectivity index (χ4n) is 6.40. The molecule has 7 heteroatoms. The number of nitrogens with zero attached hydrogens (tertiary/aromatic N) is 2. The third-order valence-electron chi connectivity index (χ3n) is 7.83. The van der Waals surface area contributed by atoms with Crippen LogP contribution in [0.25, 0.3) is 22.0 Å². The summed E-state index contributed by atoms with van der Waals surface area (Å²) in [5, 5.41) is 1.06. The Kier molecular flexibility index (Phi) is 3.89. The number of para-hydroxylation sites is 1. The molecule has 2 saturated heterocycles. The standard InChI is InChI=1S/C25H25FN4O2/c26-15-5-7-21-19(9-15)18-8-14(4-6-20(18)27-21)11-29-12-17-10-16(29)13-30(17)23-3-1-2-22-24(23)32-25(31)28-22/h1-3,5,7,9,14,16-17,27H,4,6,8,10-13H2,(H,28,31)/t14?,16-,17+/m0/s1. The van der Waals surface area contributed by atoms with Crippen molar-refractivity contribution >= 4 is 27.7 Å². The number of halogens is 1. The number of anilines is 1. The van der Waals surface area contributed by atoms with Gasteiger partial charge >= 0.3 is 5.76 Å². The van der Waals surface area contributed by atoms with Gasteiger partial charge in [0.05, 0.1) is 11.2 Å². The van der Waals surface area contributed by atoms with Gasteiger partial charge < -0.3 is 14.3 Å². The van der Waals surface area contributed by atoms with Crippen LogP contribution in [-0.4, -0.2) is 46.6 Å². The van der Waals surface area contributed by atoms with Crippen molar-refractivity contribution in [1.29, 1.82) is 0 Å². The lowest BCUT2D eigenvalue weighted by molar-refractivity contribution is 0.193. The average molecular weight is 432 g/mol. The van der Waals surface area contributed by atoms with E-state index in [1.807, 2.05) is 18.2 Å². The van der Waals surface area contributed by atoms with Gasteiger partial charge in [0.15, 0.2) is 5.58 Å². The highest BCUT2D eigenvalue weighted by Gasteiger charge is 2.44. The van der Waals surface area contributed by atoms with Gasteiger partial charge in [-0.15, -0.1) is 0 Å². The number of aromatic amines is 2. The highest BCUT2D eigenvalue weighted by Crippen LogP contribution is 2.39. The third kappa shape index (κ3) is 2.77. The fourth-order valence-corrected chi connectivity index (χ4v) is 6.40. The zero-order valence-corrected chi connectivity index (χ0v) is 17.7. The lowest BCUT2D eigenvalue weighted by Crippen LogP contribution is -2.48. The number of likely N-dealkylation sites (tertiary alicyclic amines) is 1. The molecule has 7 rings (SSSR count). The molecule has 1 unspecified atom stereocenters. The van der Waals surface area contributed by atoms with E-state index in [0.29, 0.717) is 23.6 Å². The first-order valence-electron chi connectivity index (χ1n) is 11.5. The first-order chi connectivity index (χ1) is 15.6. The Bertz CT molecular complexity index is 1400. The van der Waals surface area contributed by atoms with Crippen molar-refractivity contribution in [2.45, 2.75) is 37.8 Å². The van der Waals surface area contributed by atoms with Crippen LogP contribution in [0.4, 0.5) is 10.1 Å². The van der Waals surface area contributed by atoms with E-state index in [-0.39, 0.29) is 5.82 Å². The summed E-state index contributed by atoms with van der Waals surface area (Å²) in [5.74, 6) is 0.0441. The molecule has 0 radical (unpaired) electrons. The van der Waals surface area contributed by atoms with Gasteiger partial charge in [-0.25, -0.2) is 9.18 Å². The Balaban J connectivity index is 1.08. The molecule has 2 bridgehead atoms. The number of fused-ring (bicyclic) bond motifs is 6. The summed E-state index contributed by atoms with van der Waals surface area (Å²) in [6.45, 7) is 3.11. The number of aryl methyl sites for hydroxylation is 1. The highest BCUT2D eigenvalue weighted by molar-refractivity contribution is 5.87. The van der Waals surface area contributed by atoms with Crippen LogP contribution < -0.4 is 10.7 Å². The normalized spacial score (nSPS) is 25.3. The number of rotatable bonds is 3. The van der Waals surface area contributed by atoms with Crippen LogP contribution in [0.15, 0.2) is 45.6 Å². The molecule has 32 heavy (non-hydrogen) atoms. The van der Waals surface area contributed by atoms with Gasteiger partial charge in [-0.3, -0.25) is 9.88 Å². The monoisotopic (exact) mass is 432 g/mol. The van der Waals surface area contributed by atoms with Crippen molar-refractivity contribution in [3.05, 3.63) is 64.0 Å². The number of hydrogen-bond acceptors (Lipinski definition) is 4. The van der Waals surface area contributed by atoms with Crippen LogP contribution in [0.2, 0.25) is 0 Å². The number of benzene rings is 2. The van der Waals surface area contributed by atoms with E-state index in [4.69, 9.17) is 4.42 Å². The maximum Gasteiger partial charge on any atom is 0.417 e. The van der Waals surface area contributed by atoms with Crippen molar-refractivity contribution in [2.75, 3.05) is 24.5 Å². The van der Waals surface area contributed by atoms with Gasteiger partial charge in [0.1, 0.15) is 5.82 Å². The predicted octanol–water partition coefficient (Wildman–Crippen LogP) is 3.81. The van der Waals surface area contributed by atoms with Crippen molar-refractivity contribution in [2.24, 2.45) is 5.92 Å². The van der Waals surface area contributed by atoms with E-state index < -0.39 is 5.76 Å². The van der Waals surface area contributed by atoms with Crippen LogP contribution in [0.3, 0.4) is 0 Å². The molecule has 2 aromatic heterocycles. The number of H-pyrrole nitrogens is 2. The van der Waals surface area contributed by atoms with Crippen molar-refractivity contribution in [3.8, 4) is 0 Å². The van der Waals surface area contributed by atoms with Gasteiger partial charge in [-0.1, -0.05) is 6.07 Å². The number of aromatic nitrogens is 2. The van der Waals surface area contributed by atoms with Gasteiger partial charge in [0.25, 0.3) is 0 Å². The maximum atomic E-state index is 13.8. The summed E-state index contributed by atoms with van der Waals surface area (Å²) < 4.78 is 19.3. The van der Waals surface area contributed by atoms with E-state index >= 15 is 0 Å². The van der Waals surface area contributed by atoms with E-state index in [1.165, 1.54) is 23.7 Å². The van der Waals surface area contributed by atoms with E-state index in [0.717, 1.165) is 61.0 Å². The minimum atomic E-state index is -0.396. The van der Waals surface area contributed by atoms with Gasteiger partial charge in [-0.05, 0) is 67.5 Å². The number of nitrogens with one attached hydrogen (secondary N) is 2. The minimum absolute atomic E-state index is 0.161. The molecule has 164 valence electrons. The first kappa shape index (κ1) is 18.5. The lowest BCUT2D eigenvalue weighted by Gasteiger charge is -2.37. The number of oxazole rings is 1. The third-order valence-corrected chi connectivity index (χ3v) is 7.83. The summed E-state index contributed by atoms with van der Waals surface area (Å²) in [4.78, 5) is 23.0. The fraction of sp³-hybridized carbons (Fsp3) is 0.400. The molecular weight excluding hydrogens is 407 g/mol.